The molecule has 2 heterocycles. The van der Waals surface area contributed by atoms with Gasteiger partial charge in [0.25, 0.3) is 0 Å². The van der Waals surface area contributed by atoms with Gasteiger partial charge in [0, 0.05) is 26.2 Å². The number of benzene rings is 1. The van der Waals surface area contributed by atoms with E-state index in [1.807, 2.05) is 6.07 Å². The topological polar surface area (TPSA) is 24.5 Å². The zero-order valence-corrected chi connectivity index (χ0v) is 9.24. The summed E-state index contributed by atoms with van der Waals surface area (Å²) in [7, 11) is 1.75. The van der Waals surface area contributed by atoms with Crippen molar-refractivity contribution in [3.05, 3.63) is 24.0 Å². The van der Waals surface area contributed by atoms with Crippen LogP contribution in [0, 0.1) is 5.82 Å². The zero-order chi connectivity index (χ0) is 11.1. The van der Waals surface area contributed by atoms with Gasteiger partial charge in [0.15, 0.2) is 0 Å². The lowest BCUT2D eigenvalue weighted by Crippen LogP contribution is -2.39. The molecule has 3 rings (SSSR count). The SMILES string of the molecule is COC1CC2CNc3cc(F)ccc3N2C1. The van der Waals surface area contributed by atoms with Gasteiger partial charge in [0.05, 0.1) is 17.5 Å². The first-order valence-corrected chi connectivity index (χ1v) is 5.61. The lowest BCUT2D eigenvalue weighted by atomic mass is 10.1. The Labute approximate surface area is 94.2 Å². The number of fused-ring (bicyclic) bond motifs is 3. The van der Waals surface area contributed by atoms with E-state index in [0.29, 0.717) is 12.1 Å². The Balaban J connectivity index is 1.94. The molecule has 0 saturated carbocycles. The monoisotopic (exact) mass is 222 g/mol. The number of anilines is 2. The lowest BCUT2D eigenvalue weighted by Gasteiger charge is -2.34. The van der Waals surface area contributed by atoms with E-state index < -0.39 is 0 Å². The maximum atomic E-state index is 13.1. The van der Waals surface area contributed by atoms with Crippen LogP contribution in [-0.4, -0.2) is 32.3 Å². The van der Waals surface area contributed by atoms with Crippen molar-refractivity contribution in [3.63, 3.8) is 0 Å². The quantitative estimate of drug-likeness (QED) is 0.784. The predicted octanol–water partition coefficient (Wildman–Crippen LogP) is 1.84. The Morgan fingerprint density at radius 1 is 1.50 bits per heavy atom. The molecule has 1 saturated heterocycles. The van der Waals surface area contributed by atoms with Gasteiger partial charge in [0.2, 0.25) is 0 Å². The van der Waals surface area contributed by atoms with Crippen LogP contribution in [0.4, 0.5) is 15.8 Å². The molecule has 3 nitrogen and oxygen atoms in total. The third-order valence-corrected chi connectivity index (χ3v) is 3.51. The number of hydrogen-bond donors (Lipinski definition) is 1. The van der Waals surface area contributed by atoms with Crippen molar-refractivity contribution in [2.75, 3.05) is 30.4 Å². The Kier molecular flexibility index (Phi) is 2.24. The Morgan fingerprint density at radius 2 is 2.38 bits per heavy atom. The Bertz CT molecular complexity index is 410. The summed E-state index contributed by atoms with van der Waals surface area (Å²) in [6.45, 7) is 1.78. The van der Waals surface area contributed by atoms with Crippen LogP contribution < -0.4 is 10.2 Å². The maximum Gasteiger partial charge on any atom is 0.125 e. The minimum absolute atomic E-state index is 0.188. The van der Waals surface area contributed by atoms with Crippen LogP contribution >= 0.6 is 0 Å². The van der Waals surface area contributed by atoms with Crippen molar-refractivity contribution in [1.82, 2.24) is 0 Å². The Hall–Kier alpha value is -1.29. The molecule has 4 heteroatoms. The summed E-state index contributed by atoms with van der Waals surface area (Å²) in [5.41, 5.74) is 1.99. The molecule has 1 fully saturated rings. The summed E-state index contributed by atoms with van der Waals surface area (Å²) in [5.74, 6) is -0.188. The Morgan fingerprint density at radius 3 is 3.19 bits per heavy atom. The molecule has 1 aromatic carbocycles. The first-order chi connectivity index (χ1) is 7.78. The normalized spacial score (nSPS) is 27.2. The molecule has 1 aromatic rings. The zero-order valence-electron chi connectivity index (χ0n) is 9.24. The highest BCUT2D eigenvalue weighted by molar-refractivity contribution is 5.73. The van der Waals surface area contributed by atoms with Gasteiger partial charge in [-0.25, -0.2) is 4.39 Å². The summed E-state index contributed by atoms with van der Waals surface area (Å²) < 4.78 is 18.5. The molecule has 0 amide bonds. The summed E-state index contributed by atoms with van der Waals surface area (Å²) in [4.78, 5) is 2.32. The van der Waals surface area contributed by atoms with Gasteiger partial charge in [-0.3, -0.25) is 0 Å². The first-order valence-electron chi connectivity index (χ1n) is 5.61. The summed E-state index contributed by atoms with van der Waals surface area (Å²) in [6.07, 6.45) is 1.34. The molecule has 16 heavy (non-hydrogen) atoms. The number of nitrogens with zero attached hydrogens (tertiary/aromatic N) is 1. The van der Waals surface area contributed by atoms with E-state index in [1.54, 1.807) is 13.2 Å². The second kappa shape index (κ2) is 3.63. The third-order valence-electron chi connectivity index (χ3n) is 3.51. The fraction of sp³-hybridized carbons (Fsp3) is 0.500. The van der Waals surface area contributed by atoms with Crippen molar-refractivity contribution in [1.29, 1.82) is 0 Å². The van der Waals surface area contributed by atoms with E-state index in [1.165, 1.54) is 6.07 Å². The van der Waals surface area contributed by atoms with Crippen LogP contribution in [0.25, 0.3) is 0 Å². The molecule has 0 spiro atoms. The molecular formula is C12H15FN2O. The predicted molar refractivity (Wildman–Crippen MR) is 61.4 cm³/mol. The fourth-order valence-electron chi connectivity index (χ4n) is 2.66. The standard InChI is InChI=1S/C12H15FN2O/c1-16-10-5-9-6-14-11-4-8(13)2-3-12(11)15(9)7-10/h2-4,9-10,14H,5-7H2,1H3. The van der Waals surface area contributed by atoms with E-state index in [-0.39, 0.29) is 5.82 Å². The van der Waals surface area contributed by atoms with Crippen molar-refractivity contribution in [3.8, 4) is 0 Å². The van der Waals surface area contributed by atoms with Gasteiger partial charge in [-0.15, -0.1) is 0 Å². The maximum absolute atomic E-state index is 13.1. The van der Waals surface area contributed by atoms with Crippen LogP contribution in [0.5, 0.6) is 0 Å². The second-order valence-corrected chi connectivity index (χ2v) is 4.44. The first kappa shape index (κ1) is 9.90. The average molecular weight is 222 g/mol. The van der Waals surface area contributed by atoms with E-state index in [9.17, 15) is 4.39 Å². The minimum atomic E-state index is -0.188. The summed E-state index contributed by atoms with van der Waals surface area (Å²) in [5, 5.41) is 3.28. The molecule has 0 bridgehead atoms. The van der Waals surface area contributed by atoms with Gasteiger partial charge >= 0.3 is 0 Å². The molecule has 0 aliphatic carbocycles. The largest absolute Gasteiger partial charge is 0.381 e. The van der Waals surface area contributed by atoms with Crippen LogP contribution in [0.1, 0.15) is 6.42 Å². The summed E-state index contributed by atoms with van der Waals surface area (Å²) >= 11 is 0. The van der Waals surface area contributed by atoms with Crippen molar-refractivity contribution < 1.29 is 9.13 Å². The molecule has 0 aromatic heterocycles. The van der Waals surface area contributed by atoms with Gasteiger partial charge in [-0.05, 0) is 24.6 Å². The number of nitrogens with one attached hydrogen (secondary N) is 1. The molecule has 2 aliphatic heterocycles. The van der Waals surface area contributed by atoms with Crippen LogP contribution in [0.15, 0.2) is 18.2 Å². The minimum Gasteiger partial charge on any atom is -0.381 e. The number of halogens is 1. The number of ether oxygens (including phenoxy) is 1. The second-order valence-electron chi connectivity index (χ2n) is 4.44. The lowest BCUT2D eigenvalue weighted by molar-refractivity contribution is 0.118. The molecule has 2 aliphatic rings. The van der Waals surface area contributed by atoms with E-state index >= 15 is 0 Å². The third kappa shape index (κ3) is 1.45. The smallest absolute Gasteiger partial charge is 0.125 e. The van der Waals surface area contributed by atoms with Gasteiger partial charge in [-0.1, -0.05) is 0 Å². The van der Waals surface area contributed by atoms with Gasteiger partial charge < -0.3 is 15.0 Å². The van der Waals surface area contributed by atoms with E-state index in [4.69, 9.17) is 4.74 Å². The van der Waals surface area contributed by atoms with Gasteiger partial charge in [-0.2, -0.15) is 0 Å². The molecular weight excluding hydrogens is 207 g/mol. The fourth-order valence-corrected chi connectivity index (χ4v) is 2.66. The number of hydrogen-bond acceptors (Lipinski definition) is 3. The van der Waals surface area contributed by atoms with Crippen LogP contribution in [-0.2, 0) is 4.74 Å². The van der Waals surface area contributed by atoms with Crippen molar-refractivity contribution in [2.45, 2.75) is 18.6 Å². The molecule has 86 valence electrons. The van der Waals surface area contributed by atoms with Gasteiger partial charge in [0.1, 0.15) is 5.82 Å². The molecule has 2 atom stereocenters. The highest BCUT2D eigenvalue weighted by atomic mass is 19.1. The van der Waals surface area contributed by atoms with Crippen LogP contribution in [0.3, 0.4) is 0 Å². The number of rotatable bonds is 1. The van der Waals surface area contributed by atoms with Crippen molar-refractivity contribution in [2.24, 2.45) is 0 Å². The molecule has 2 unspecified atom stereocenters. The van der Waals surface area contributed by atoms with E-state index in [0.717, 1.165) is 30.9 Å². The number of methoxy groups -OCH3 is 1. The average Bonchev–Trinajstić information content (AvgIpc) is 2.71. The molecule has 1 N–H and O–H groups in total. The highest BCUT2D eigenvalue weighted by Gasteiger charge is 2.35. The van der Waals surface area contributed by atoms with Crippen molar-refractivity contribution >= 4 is 11.4 Å². The van der Waals surface area contributed by atoms with E-state index in [2.05, 4.69) is 10.2 Å². The molecule has 0 radical (unpaired) electrons. The summed E-state index contributed by atoms with van der Waals surface area (Å²) in [6, 6.07) is 5.40. The highest BCUT2D eigenvalue weighted by Crippen LogP contribution is 2.36. The van der Waals surface area contributed by atoms with Crippen LogP contribution in [0.2, 0.25) is 0 Å².